The molecular weight excluding hydrogens is 457 g/mol. The van der Waals surface area contributed by atoms with Gasteiger partial charge >= 0.3 is 0 Å². The van der Waals surface area contributed by atoms with Crippen molar-refractivity contribution in [1.29, 1.82) is 0 Å². The number of fused-ring (bicyclic) bond motifs is 1. The van der Waals surface area contributed by atoms with Crippen LogP contribution < -0.4 is 0 Å². The molecule has 5 rings (SSSR count). The Kier molecular flexibility index (Phi) is 6.51. The first-order chi connectivity index (χ1) is 15.9. The van der Waals surface area contributed by atoms with Crippen LogP contribution in [0.2, 0.25) is 0 Å². The van der Waals surface area contributed by atoms with Crippen LogP contribution in [0.4, 0.5) is 4.39 Å². The van der Waals surface area contributed by atoms with Crippen molar-refractivity contribution in [3.63, 3.8) is 0 Å². The molecule has 1 atom stereocenters. The fourth-order valence-electron chi connectivity index (χ4n) is 5.08. The van der Waals surface area contributed by atoms with E-state index in [1.54, 1.807) is 40.3 Å². The Morgan fingerprint density at radius 2 is 1.82 bits per heavy atom. The van der Waals surface area contributed by atoms with Gasteiger partial charge in [0.1, 0.15) is 5.82 Å². The molecule has 3 aromatic rings. The molecule has 1 aliphatic heterocycles. The summed E-state index contributed by atoms with van der Waals surface area (Å²) in [5.41, 5.74) is 2.76. The van der Waals surface area contributed by atoms with Crippen molar-refractivity contribution >= 4 is 32.8 Å². The summed E-state index contributed by atoms with van der Waals surface area (Å²) in [6, 6.07) is 12.4. The summed E-state index contributed by atoms with van der Waals surface area (Å²) >= 11 is 1.63. The van der Waals surface area contributed by atoms with E-state index in [9.17, 15) is 12.8 Å². The van der Waals surface area contributed by atoms with Crippen LogP contribution in [0.25, 0.3) is 11.0 Å². The molecule has 8 heteroatoms. The number of imidazole rings is 1. The normalized spacial score (nSPS) is 20.6. The van der Waals surface area contributed by atoms with E-state index in [1.165, 1.54) is 25.0 Å². The highest BCUT2D eigenvalue weighted by molar-refractivity contribution is 7.98. The van der Waals surface area contributed by atoms with Gasteiger partial charge in [0.05, 0.1) is 15.9 Å². The lowest BCUT2D eigenvalue weighted by Gasteiger charge is -2.30. The van der Waals surface area contributed by atoms with Gasteiger partial charge in [-0.3, -0.25) is 0 Å². The van der Waals surface area contributed by atoms with Gasteiger partial charge in [0, 0.05) is 24.9 Å². The molecule has 2 heterocycles. The van der Waals surface area contributed by atoms with Crippen molar-refractivity contribution in [2.24, 2.45) is 5.92 Å². The third-order valence-corrected chi connectivity index (χ3v) is 9.74. The minimum Gasteiger partial charge on any atom is -0.316 e. The minimum absolute atomic E-state index is 0.237. The van der Waals surface area contributed by atoms with E-state index in [2.05, 4.69) is 11.5 Å². The lowest BCUT2D eigenvalue weighted by atomic mass is 10.0. The van der Waals surface area contributed by atoms with Gasteiger partial charge in [-0.1, -0.05) is 43.7 Å². The number of piperidine rings is 1. The number of hydrogen-bond acceptors (Lipinski definition) is 4. The van der Waals surface area contributed by atoms with Crippen molar-refractivity contribution in [2.75, 3.05) is 13.1 Å². The van der Waals surface area contributed by atoms with Gasteiger partial charge in [0.25, 0.3) is 0 Å². The molecule has 176 valence electrons. The van der Waals surface area contributed by atoms with Gasteiger partial charge in [0.2, 0.25) is 10.0 Å². The van der Waals surface area contributed by atoms with Crippen LogP contribution in [0.15, 0.2) is 52.5 Å². The van der Waals surface area contributed by atoms with Gasteiger partial charge in [-0.05, 0) is 67.5 Å². The van der Waals surface area contributed by atoms with Crippen LogP contribution in [0.3, 0.4) is 0 Å². The van der Waals surface area contributed by atoms with Crippen molar-refractivity contribution in [2.45, 2.75) is 67.3 Å². The second-order valence-corrected chi connectivity index (χ2v) is 12.3. The Balaban J connectivity index is 1.48. The summed E-state index contributed by atoms with van der Waals surface area (Å²) in [6.45, 7) is 3.27. The fraction of sp³-hybridized carbons (Fsp3) is 0.480. The number of nitrogens with zero attached hydrogens (tertiary/aromatic N) is 3. The number of halogens is 1. The number of benzene rings is 2. The van der Waals surface area contributed by atoms with Crippen LogP contribution in [0, 0.1) is 11.7 Å². The summed E-state index contributed by atoms with van der Waals surface area (Å²) in [6.07, 6.45) is 6.61. The average Bonchev–Trinajstić information content (AvgIpc) is 3.45. The highest BCUT2D eigenvalue weighted by Crippen LogP contribution is 2.38. The number of sulfonamides is 1. The first-order valence-corrected chi connectivity index (χ1v) is 14.2. The molecule has 33 heavy (non-hydrogen) atoms. The van der Waals surface area contributed by atoms with Gasteiger partial charge in [-0.15, -0.1) is 0 Å². The maximum atomic E-state index is 13.3. The van der Waals surface area contributed by atoms with Crippen LogP contribution in [0.1, 0.15) is 57.1 Å². The smallest absolute Gasteiger partial charge is 0.243 e. The number of hydrogen-bond donors (Lipinski definition) is 0. The quantitative estimate of drug-likeness (QED) is 0.400. The van der Waals surface area contributed by atoms with Crippen LogP contribution in [-0.4, -0.2) is 35.4 Å². The zero-order valence-electron chi connectivity index (χ0n) is 18.9. The van der Waals surface area contributed by atoms with E-state index >= 15 is 0 Å². The zero-order chi connectivity index (χ0) is 23.0. The van der Waals surface area contributed by atoms with Gasteiger partial charge in [-0.2, -0.15) is 4.31 Å². The molecule has 2 aromatic carbocycles. The van der Waals surface area contributed by atoms with E-state index in [-0.39, 0.29) is 5.82 Å². The highest BCUT2D eigenvalue weighted by atomic mass is 32.2. The summed E-state index contributed by atoms with van der Waals surface area (Å²) in [4.78, 5) is 5.22. The van der Waals surface area contributed by atoms with Crippen molar-refractivity contribution in [3.05, 3.63) is 53.8 Å². The molecule has 2 aliphatic rings. The molecule has 1 aromatic heterocycles. The number of thioether (sulfide) groups is 1. The Labute approximate surface area is 199 Å². The standard InChI is InChI=1S/C25H30FN3O2S2/c1-18-5-4-14-28(16-18)33(30,31)22-12-13-24-23(15-22)27-25(29(24)21-6-2-3-7-21)32-17-19-8-10-20(26)11-9-19/h8-13,15,18,21H,2-7,14,16-17H2,1H3/t18-/m0/s1. The first-order valence-electron chi connectivity index (χ1n) is 11.8. The number of aromatic nitrogens is 2. The molecule has 0 amide bonds. The molecule has 0 spiro atoms. The second-order valence-electron chi connectivity index (χ2n) is 9.38. The van der Waals surface area contributed by atoms with E-state index in [1.807, 2.05) is 6.07 Å². The zero-order valence-corrected chi connectivity index (χ0v) is 20.5. The van der Waals surface area contributed by atoms with Gasteiger partial charge in [-0.25, -0.2) is 17.8 Å². The van der Waals surface area contributed by atoms with Gasteiger partial charge < -0.3 is 4.57 Å². The molecular formula is C25H30FN3O2S2. The van der Waals surface area contributed by atoms with Crippen molar-refractivity contribution < 1.29 is 12.8 Å². The fourth-order valence-corrected chi connectivity index (χ4v) is 7.73. The molecule has 0 unspecified atom stereocenters. The SMILES string of the molecule is C[C@H]1CCCN(S(=O)(=O)c2ccc3c(c2)nc(SCc2ccc(F)cc2)n3C2CCCC2)C1. The highest BCUT2D eigenvalue weighted by Gasteiger charge is 2.30. The van der Waals surface area contributed by atoms with Crippen LogP contribution in [-0.2, 0) is 15.8 Å². The Bertz CT molecular complexity index is 1230. The maximum Gasteiger partial charge on any atom is 0.243 e. The van der Waals surface area contributed by atoms with E-state index in [0.717, 1.165) is 47.4 Å². The molecule has 0 N–H and O–H groups in total. The molecule has 0 radical (unpaired) electrons. The lowest BCUT2D eigenvalue weighted by Crippen LogP contribution is -2.39. The Hall–Kier alpha value is -1.90. The Morgan fingerprint density at radius 3 is 2.55 bits per heavy atom. The summed E-state index contributed by atoms with van der Waals surface area (Å²) < 4.78 is 43.8. The molecule has 1 saturated heterocycles. The van der Waals surface area contributed by atoms with E-state index < -0.39 is 10.0 Å². The molecule has 1 aliphatic carbocycles. The van der Waals surface area contributed by atoms with E-state index in [4.69, 9.17) is 4.98 Å². The Morgan fingerprint density at radius 1 is 1.06 bits per heavy atom. The summed E-state index contributed by atoms with van der Waals surface area (Å²) in [5.74, 6) is 0.833. The monoisotopic (exact) mass is 487 g/mol. The van der Waals surface area contributed by atoms with Gasteiger partial charge in [0.15, 0.2) is 5.16 Å². The third kappa shape index (κ3) is 4.70. The van der Waals surface area contributed by atoms with Crippen molar-refractivity contribution in [1.82, 2.24) is 13.9 Å². The largest absolute Gasteiger partial charge is 0.316 e. The molecule has 5 nitrogen and oxygen atoms in total. The predicted octanol–water partition coefficient (Wildman–Crippen LogP) is 6.00. The number of rotatable bonds is 6. The van der Waals surface area contributed by atoms with Crippen LogP contribution >= 0.6 is 11.8 Å². The third-order valence-electron chi connectivity index (χ3n) is 6.86. The maximum absolute atomic E-state index is 13.3. The van der Waals surface area contributed by atoms with Crippen molar-refractivity contribution in [3.8, 4) is 0 Å². The average molecular weight is 488 g/mol. The lowest BCUT2D eigenvalue weighted by molar-refractivity contribution is 0.281. The van der Waals surface area contributed by atoms with Crippen LogP contribution in [0.5, 0.6) is 0 Å². The first kappa shape index (κ1) is 22.9. The topological polar surface area (TPSA) is 55.2 Å². The second kappa shape index (κ2) is 9.39. The molecule has 1 saturated carbocycles. The minimum atomic E-state index is -3.53. The molecule has 0 bridgehead atoms. The van der Waals surface area contributed by atoms with E-state index in [0.29, 0.717) is 35.7 Å². The summed E-state index contributed by atoms with van der Waals surface area (Å²) in [5, 5.41) is 0.905. The predicted molar refractivity (Wildman–Crippen MR) is 130 cm³/mol. The molecule has 2 fully saturated rings. The summed E-state index contributed by atoms with van der Waals surface area (Å²) in [7, 11) is -3.53.